The number of rotatable bonds is 2. The van der Waals surface area contributed by atoms with Gasteiger partial charge < -0.3 is 5.32 Å². The van der Waals surface area contributed by atoms with Crippen LogP contribution in [0.2, 0.25) is 0 Å². The van der Waals surface area contributed by atoms with E-state index in [4.69, 9.17) is 0 Å². The number of carbonyl (C=O) groups excluding carboxylic acids is 1. The smallest absolute Gasteiger partial charge is 0.143 e. The molecule has 18 heavy (non-hydrogen) atoms. The lowest BCUT2D eigenvalue weighted by atomic mass is 9.47. The number of nitrogens with one attached hydrogen (secondary N) is 1. The third kappa shape index (κ3) is 1.68. The summed E-state index contributed by atoms with van der Waals surface area (Å²) < 4.78 is 0. The van der Waals surface area contributed by atoms with Crippen molar-refractivity contribution in [2.75, 3.05) is 13.1 Å². The number of piperidine rings is 1. The van der Waals surface area contributed by atoms with E-state index in [1.165, 1.54) is 44.9 Å². The monoisotopic (exact) mass is 247 g/mol. The molecule has 4 aliphatic carbocycles. The van der Waals surface area contributed by atoms with E-state index in [1.807, 2.05) is 0 Å². The lowest BCUT2D eigenvalue weighted by molar-refractivity contribution is -0.148. The fourth-order valence-electron chi connectivity index (χ4n) is 5.92. The molecule has 1 aliphatic heterocycles. The van der Waals surface area contributed by atoms with Crippen LogP contribution in [-0.2, 0) is 4.79 Å². The van der Waals surface area contributed by atoms with Gasteiger partial charge in [-0.25, -0.2) is 0 Å². The van der Waals surface area contributed by atoms with Crippen LogP contribution < -0.4 is 5.32 Å². The normalized spacial score (nSPS) is 50.4. The molecule has 5 fully saturated rings. The summed E-state index contributed by atoms with van der Waals surface area (Å²) in [7, 11) is 0. The van der Waals surface area contributed by atoms with Gasteiger partial charge in [0.1, 0.15) is 5.78 Å². The van der Waals surface area contributed by atoms with Gasteiger partial charge in [0, 0.05) is 17.9 Å². The molecule has 4 saturated carbocycles. The molecule has 1 atom stereocenters. The Balaban J connectivity index is 1.57. The molecule has 2 heteroatoms. The minimum Gasteiger partial charge on any atom is -0.316 e. The molecule has 0 amide bonds. The summed E-state index contributed by atoms with van der Waals surface area (Å²) in [6.45, 7) is 2.07. The van der Waals surface area contributed by atoms with Gasteiger partial charge in [-0.2, -0.15) is 0 Å². The Morgan fingerprint density at radius 2 is 1.61 bits per heavy atom. The first-order chi connectivity index (χ1) is 8.75. The lowest BCUT2D eigenvalue weighted by Gasteiger charge is -2.56. The number of Topliss-reactive ketones (excluding diaryl/α,β-unsaturated/α-hetero) is 1. The predicted molar refractivity (Wildman–Crippen MR) is 71.2 cm³/mol. The van der Waals surface area contributed by atoms with Gasteiger partial charge in [-0.05, 0) is 75.7 Å². The van der Waals surface area contributed by atoms with E-state index < -0.39 is 0 Å². The second-order valence-electron chi connectivity index (χ2n) is 7.61. The van der Waals surface area contributed by atoms with Gasteiger partial charge >= 0.3 is 0 Å². The fourth-order valence-corrected chi connectivity index (χ4v) is 5.92. The maximum absolute atomic E-state index is 13.0. The minimum absolute atomic E-state index is 0.137. The van der Waals surface area contributed by atoms with Gasteiger partial charge in [0.15, 0.2) is 0 Å². The van der Waals surface area contributed by atoms with Crippen molar-refractivity contribution in [1.82, 2.24) is 5.32 Å². The summed E-state index contributed by atoms with van der Waals surface area (Å²) in [4.78, 5) is 13.0. The Hall–Kier alpha value is -0.370. The largest absolute Gasteiger partial charge is 0.316 e. The third-order valence-electron chi connectivity index (χ3n) is 6.23. The Labute approximate surface area is 110 Å². The standard InChI is InChI=1S/C16H25NO/c18-15(14-2-1-3-17-10-14)16-7-11-4-12(8-16)6-13(5-11)9-16/h11-14,17H,1-10H2. The molecular formula is C16H25NO. The van der Waals surface area contributed by atoms with Crippen molar-refractivity contribution in [3.63, 3.8) is 0 Å². The number of hydrogen-bond donors (Lipinski definition) is 1. The van der Waals surface area contributed by atoms with Crippen LogP contribution >= 0.6 is 0 Å². The molecule has 5 aliphatic rings. The zero-order valence-electron chi connectivity index (χ0n) is 11.3. The van der Waals surface area contributed by atoms with Crippen molar-refractivity contribution in [1.29, 1.82) is 0 Å². The first-order valence-corrected chi connectivity index (χ1v) is 8.00. The molecular weight excluding hydrogens is 222 g/mol. The van der Waals surface area contributed by atoms with Crippen molar-refractivity contribution in [3.05, 3.63) is 0 Å². The number of hydrogen-bond acceptors (Lipinski definition) is 2. The predicted octanol–water partition coefficient (Wildman–Crippen LogP) is 2.77. The van der Waals surface area contributed by atoms with Crippen LogP contribution in [0.25, 0.3) is 0 Å². The van der Waals surface area contributed by atoms with Crippen molar-refractivity contribution in [2.24, 2.45) is 29.1 Å². The Kier molecular flexibility index (Phi) is 2.58. The Bertz CT molecular complexity index is 321. The molecule has 0 aromatic heterocycles. The van der Waals surface area contributed by atoms with Gasteiger partial charge in [0.05, 0.1) is 0 Å². The fraction of sp³-hybridized carbons (Fsp3) is 0.938. The van der Waals surface area contributed by atoms with Gasteiger partial charge in [0.25, 0.3) is 0 Å². The second kappa shape index (κ2) is 4.06. The highest BCUT2D eigenvalue weighted by molar-refractivity contribution is 5.87. The number of ketones is 1. The molecule has 2 nitrogen and oxygen atoms in total. The van der Waals surface area contributed by atoms with Gasteiger partial charge in [0.2, 0.25) is 0 Å². The van der Waals surface area contributed by atoms with Crippen LogP contribution in [0.5, 0.6) is 0 Å². The topological polar surface area (TPSA) is 29.1 Å². The Morgan fingerprint density at radius 3 is 2.11 bits per heavy atom. The third-order valence-corrected chi connectivity index (χ3v) is 6.23. The van der Waals surface area contributed by atoms with Crippen LogP contribution in [0, 0.1) is 29.1 Å². The maximum atomic E-state index is 13.0. The zero-order chi connectivity index (χ0) is 12.2. The van der Waals surface area contributed by atoms with Crippen molar-refractivity contribution >= 4 is 5.78 Å². The molecule has 1 unspecified atom stereocenters. The molecule has 5 rings (SSSR count). The highest BCUT2D eigenvalue weighted by Gasteiger charge is 2.55. The first kappa shape index (κ1) is 11.5. The van der Waals surface area contributed by atoms with E-state index in [9.17, 15) is 4.79 Å². The molecule has 0 aromatic carbocycles. The SMILES string of the molecule is O=C(C1CCCNC1)C12CC3CC(CC(C3)C1)C2. The average molecular weight is 247 g/mol. The van der Waals surface area contributed by atoms with Crippen molar-refractivity contribution in [3.8, 4) is 0 Å². The molecule has 1 saturated heterocycles. The highest BCUT2D eigenvalue weighted by atomic mass is 16.1. The Morgan fingerprint density at radius 1 is 1.00 bits per heavy atom. The highest BCUT2D eigenvalue weighted by Crippen LogP contribution is 2.61. The molecule has 0 radical (unpaired) electrons. The average Bonchev–Trinajstić information content (AvgIpc) is 2.37. The van der Waals surface area contributed by atoms with E-state index in [1.54, 1.807) is 0 Å². The zero-order valence-corrected chi connectivity index (χ0v) is 11.3. The van der Waals surface area contributed by atoms with Crippen LogP contribution in [0.1, 0.15) is 51.4 Å². The molecule has 0 spiro atoms. The summed E-state index contributed by atoms with van der Waals surface area (Å²) >= 11 is 0. The van der Waals surface area contributed by atoms with Crippen LogP contribution in [-0.4, -0.2) is 18.9 Å². The summed E-state index contributed by atoms with van der Waals surface area (Å²) in [5.74, 6) is 3.70. The summed E-state index contributed by atoms with van der Waals surface area (Å²) in [6, 6.07) is 0. The summed E-state index contributed by atoms with van der Waals surface area (Å²) in [5, 5.41) is 3.43. The maximum Gasteiger partial charge on any atom is 0.143 e. The molecule has 100 valence electrons. The molecule has 1 N–H and O–H groups in total. The molecule has 0 aromatic rings. The van der Waals surface area contributed by atoms with E-state index >= 15 is 0 Å². The van der Waals surface area contributed by atoms with E-state index in [0.29, 0.717) is 11.7 Å². The van der Waals surface area contributed by atoms with Gasteiger partial charge in [-0.3, -0.25) is 4.79 Å². The first-order valence-electron chi connectivity index (χ1n) is 8.00. The minimum atomic E-state index is 0.137. The summed E-state index contributed by atoms with van der Waals surface area (Å²) in [6.07, 6.45) is 10.4. The van der Waals surface area contributed by atoms with E-state index in [-0.39, 0.29) is 5.41 Å². The number of carbonyl (C=O) groups is 1. The lowest BCUT2D eigenvalue weighted by Crippen LogP contribution is -2.53. The summed E-state index contributed by atoms with van der Waals surface area (Å²) in [5.41, 5.74) is 0.137. The molecule has 4 bridgehead atoms. The van der Waals surface area contributed by atoms with Crippen molar-refractivity contribution in [2.45, 2.75) is 51.4 Å². The van der Waals surface area contributed by atoms with E-state index in [0.717, 1.165) is 37.3 Å². The molecule has 1 heterocycles. The van der Waals surface area contributed by atoms with Crippen LogP contribution in [0.15, 0.2) is 0 Å². The van der Waals surface area contributed by atoms with Crippen LogP contribution in [0.4, 0.5) is 0 Å². The van der Waals surface area contributed by atoms with E-state index in [2.05, 4.69) is 5.32 Å². The van der Waals surface area contributed by atoms with Gasteiger partial charge in [-0.15, -0.1) is 0 Å². The van der Waals surface area contributed by atoms with Gasteiger partial charge in [-0.1, -0.05) is 0 Å². The quantitative estimate of drug-likeness (QED) is 0.813. The van der Waals surface area contributed by atoms with Crippen molar-refractivity contribution < 1.29 is 4.79 Å². The second-order valence-corrected chi connectivity index (χ2v) is 7.61. The van der Waals surface area contributed by atoms with Crippen LogP contribution in [0.3, 0.4) is 0 Å².